The van der Waals surface area contributed by atoms with Crippen molar-refractivity contribution in [3.8, 4) is 5.75 Å². The monoisotopic (exact) mass is 520 g/mol. The van der Waals surface area contributed by atoms with Crippen LogP contribution in [0, 0.1) is 0 Å². The molecule has 0 aliphatic carbocycles. The first-order valence-corrected chi connectivity index (χ1v) is 13.1. The summed E-state index contributed by atoms with van der Waals surface area (Å²) in [6.07, 6.45) is 0.439. The Kier molecular flexibility index (Phi) is 10.6. The van der Waals surface area contributed by atoms with Gasteiger partial charge in [0.05, 0.1) is 12.4 Å². The van der Waals surface area contributed by atoms with E-state index < -0.39 is 29.2 Å². The molecule has 0 aromatic heterocycles. The summed E-state index contributed by atoms with van der Waals surface area (Å²) in [6, 6.07) is 23.8. The molecule has 0 aliphatic heterocycles. The van der Waals surface area contributed by atoms with E-state index in [4.69, 9.17) is 4.74 Å². The molecule has 3 aromatic rings. The van der Waals surface area contributed by atoms with E-state index >= 15 is 0 Å². The largest absolute Gasteiger partial charge is 0.508 e. The van der Waals surface area contributed by atoms with Gasteiger partial charge in [-0.3, -0.25) is 9.59 Å². The van der Waals surface area contributed by atoms with E-state index in [2.05, 4.69) is 10.6 Å². The second-order valence-electron chi connectivity index (χ2n) is 8.48. The highest BCUT2D eigenvalue weighted by Crippen LogP contribution is 2.36. The smallest absolute Gasteiger partial charge is 0.328 e. The number of hydrogen-bond acceptors (Lipinski definition) is 6. The van der Waals surface area contributed by atoms with Crippen molar-refractivity contribution in [2.45, 2.75) is 42.9 Å². The predicted octanol–water partition coefficient (Wildman–Crippen LogP) is 4.16. The Bertz CT molecular complexity index is 1160. The summed E-state index contributed by atoms with van der Waals surface area (Å²) in [4.78, 5) is 38.8. The highest BCUT2D eigenvalue weighted by Gasteiger charge is 2.34. The fraction of sp³-hybridized carbons (Fsp3) is 0.276. The number of aromatic hydroxyl groups is 1. The molecule has 2 amide bonds. The lowest BCUT2D eigenvalue weighted by Crippen LogP contribution is -2.54. The third-order valence-electron chi connectivity index (χ3n) is 5.80. The van der Waals surface area contributed by atoms with Crippen molar-refractivity contribution in [3.05, 3.63) is 102 Å². The first kappa shape index (κ1) is 27.8. The maximum Gasteiger partial charge on any atom is 0.328 e. The molecule has 0 fully saturated rings. The SMILES string of the molecule is CCC(=O)N[C@H](C(=O)N[C@@H](Cc1ccccc1)C(=O)OC)C(SCc1ccccc1)c1ccc(O)cc1. The lowest BCUT2D eigenvalue weighted by atomic mass is 10.0. The Hall–Kier alpha value is -3.78. The summed E-state index contributed by atoms with van der Waals surface area (Å²) >= 11 is 1.49. The molecule has 0 heterocycles. The van der Waals surface area contributed by atoms with Gasteiger partial charge in [0.1, 0.15) is 17.8 Å². The second-order valence-corrected chi connectivity index (χ2v) is 9.61. The summed E-state index contributed by atoms with van der Waals surface area (Å²) in [6.45, 7) is 1.71. The summed E-state index contributed by atoms with van der Waals surface area (Å²) in [5.74, 6) is -0.671. The molecule has 0 spiro atoms. The van der Waals surface area contributed by atoms with Crippen LogP contribution in [-0.4, -0.2) is 42.1 Å². The minimum absolute atomic E-state index is 0.0998. The Morgan fingerprint density at radius 1 is 0.865 bits per heavy atom. The van der Waals surface area contributed by atoms with Crippen LogP contribution in [0.25, 0.3) is 0 Å². The molecule has 0 saturated carbocycles. The van der Waals surface area contributed by atoms with Gasteiger partial charge in [-0.05, 0) is 28.8 Å². The topological polar surface area (TPSA) is 105 Å². The van der Waals surface area contributed by atoms with Crippen molar-refractivity contribution in [2.75, 3.05) is 7.11 Å². The molecule has 3 rings (SSSR count). The van der Waals surface area contributed by atoms with Gasteiger partial charge in [0.15, 0.2) is 0 Å². The van der Waals surface area contributed by atoms with Crippen LogP contribution in [-0.2, 0) is 31.3 Å². The third kappa shape index (κ3) is 8.39. The van der Waals surface area contributed by atoms with E-state index in [1.165, 1.54) is 18.9 Å². The van der Waals surface area contributed by atoms with Crippen LogP contribution in [0.2, 0.25) is 0 Å². The zero-order valence-corrected chi connectivity index (χ0v) is 21.7. The zero-order valence-electron chi connectivity index (χ0n) is 20.9. The predicted molar refractivity (Wildman–Crippen MR) is 145 cm³/mol. The molecule has 1 unspecified atom stereocenters. The minimum atomic E-state index is -0.978. The number of benzene rings is 3. The first-order chi connectivity index (χ1) is 17.9. The fourth-order valence-electron chi connectivity index (χ4n) is 3.81. The number of hydrogen-bond donors (Lipinski definition) is 3. The highest BCUT2D eigenvalue weighted by molar-refractivity contribution is 7.98. The van der Waals surface area contributed by atoms with E-state index in [1.807, 2.05) is 60.7 Å². The highest BCUT2D eigenvalue weighted by atomic mass is 32.2. The zero-order chi connectivity index (χ0) is 26.6. The van der Waals surface area contributed by atoms with Gasteiger partial charge in [-0.2, -0.15) is 0 Å². The van der Waals surface area contributed by atoms with Crippen LogP contribution in [0.4, 0.5) is 0 Å². The summed E-state index contributed by atoms with van der Waals surface area (Å²) < 4.78 is 4.96. The molecule has 194 valence electrons. The Morgan fingerprint density at radius 2 is 1.46 bits per heavy atom. The molecule has 0 aliphatic rings. The fourth-order valence-corrected chi connectivity index (χ4v) is 5.11. The van der Waals surface area contributed by atoms with Crippen LogP contribution >= 0.6 is 11.8 Å². The number of phenols is 1. The number of rotatable bonds is 12. The van der Waals surface area contributed by atoms with Gasteiger partial charge in [0.2, 0.25) is 11.8 Å². The van der Waals surface area contributed by atoms with E-state index in [-0.39, 0.29) is 24.5 Å². The molecule has 0 bridgehead atoms. The number of thioether (sulfide) groups is 1. The van der Waals surface area contributed by atoms with Crippen molar-refractivity contribution in [3.63, 3.8) is 0 Å². The van der Waals surface area contributed by atoms with E-state index in [9.17, 15) is 19.5 Å². The van der Waals surface area contributed by atoms with Crippen molar-refractivity contribution in [1.29, 1.82) is 0 Å². The molecule has 3 N–H and O–H groups in total. The molecule has 0 radical (unpaired) electrons. The number of methoxy groups -OCH3 is 1. The molecular weight excluding hydrogens is 488 g/mol. The number of nitrogens with one attached hydrogen (secondary N) is 2. The number of carbonyl (C=O) groups is 3. The lowest BCUT2D eigenvalue weighted by molar-refractivity contribution is -0.145. The maximum absolute atomic E-state index is 13.7. The van der Waals surface area contributed by atoms with Crippen LogP contribution < -0.4 is 10.6 Å². The van der Waals surface area contributed by atoms with Crippen LogP contribution in [0.15, 0.2) is 84.9 Å². The molecule has 7 nitrogen and oxygen atoms in total. The Balaban J connectivity index is 1.92. The quantitative estimate of drug-likeness (QED) is 0.310. The number of amides is 2. The van der Waals surface area contributed by atoms with E-state index in [0.29, 0.717) is 5.75 Å². The average molecular weight is 521 g/mol. The van der Waals surface area contributed by atoms with Crippen molar-refractivity contribution in [2.24, 2.45) is 0 Å². The number of ether oxygens (including phenoxy) is 1. The number of phenolic OH excluding ortho intramolecular Hbond substituents is 1. The second kappa shape index (κ2) is 14.1. The van der Waals surface area contributed by atoms with Crippen LogP contribution in [0.5, 0.6) is 5.75 Å². The molecule has 3 atom stereocenters. The number of esters is 1. The lowest BCUT2D eigenvalue weighted by Gasteiger charge is -2.29. The standard InChI is InChI=1S/C29H32N2O5S/c1-3-25(33)31-26(28(34)30-24(29(35)36-2)18-20-10-6-4-7-11-20)27(22-14-16-23(32)17-15-22)37-19-21-12-8-5-9-13-21/h4-17,24,26-27,32H,3,18-19H2,1-2H3,(H,30,34)(H,31,33)/t24-,26-,27?/m0/s1. The first-order valence-electron chi connectivity index (χ1n) is 12.1. The van der Waals surface area contributed by atoms with Gasteiger partial charge >= 0.3 is 5.97 Å². The van der Waals surface area contributed by atoms with Gasteiger partial charge in [-0.1, -0.05) is 79.7 Å². The van der Waals surface area contributed by atoms with Crippen LogP contribution in [0.1, 0.15) is 35.3 Å². The van der Waals surface area contributed by atoms with Crippen molar-refractivity contribution in [1.82, 2.24) is 10.6 Å². The Morgan fingerprint density at radius 3 is 2.03 bits per heavy atom. The van der Waals surface area contributed by atoms with Crippen molar-refractivity contribution >= 4 is 29.5 Å². The summed E-state index contributed by atoms with van der Waals surface area (Å²) in [5.41, 5.74) is 2.68. The normalized spacial score (nSPS) is 13.1. The number of carbonyl (C=O) groups excluding carboxylic acids is 3. The van der Waals surface area contributed by atoms with Gasteiger partial charge in [0, 0.05) is 18.6 Å². The molecular formula is C29H32N2O5S. The van der Waals surface area contributed by atoms with Gasteiger partial charge in [0.25, 0.3) is 0 Å². The molecule has 0 saturated heterocycles. The van der Waals surface area contributed by atoms with Gasteiger partial charge < -0.3 is 20.5 Å². The minimum Gasteiger partial charge on any atom is -0.508 e. The van der Waals surface area contributed by atoms with Gasteiger partial charge in [-0.25, -0.2) is 4.79 Å². The molecule has 8 heteroatoms. The van der Waals surface area contributed by atoms with E-state index in [0.717, 1.165) is 16.7 Å². The van der Waals surface area contributed by atoms with Gasteiger partial charge in [-0.15, -0.1) is 11.8 Å². The maximum atomic E-state index is 13.7. The molecule has 37 heavy (non-hydrogen) atoms. The van der Waals surface area contributed by atoms with Crippen LogP contribution in [0.3, 0.4) is 0 Å². The summed E-state index contributed by atoms with van der Waals surface area (Å²) in [7, 11) is 1.28. The Labute approximate surface area is 221 Å². The average Bonchev–Trinajstić information content (AvgIpc) is 2.93. The summed E-state index contributed by atoms with van der Waals surface area (Å²) in [5, 5.41) is 15.0. The van der Waals surface area contributed by atoms with E-state index in [1.54, 1.807) is 31.2 Å². The van der Waals surface area contributed by atoms with Crippen molar-refractivity contribution < 1.29 is 24.2 Å². The molecule has 3 aromatic carbocycles. The third-order valence-corrected chi connectivity index (χ3v) is 7.21.